The molecule has 28 heavy (non-hydrogen) atoms. The zero-order valence-corrected chi connectivity index (χ0v) is 16.5. The molecule has 1 aromatic heterocycles. The van der Waals surface area contributed by atoms with E-state index in [-0.39, 0.29) is 0 Å². The molecule has 1 N–H and O–H groups in total. The summed E-state index contributed by atoms with van der Waals surface area (Å²) >= 11 is 0. The fourth-order valence-corrected chi connectivity index (χ4v) is 7.19. The summed E-state index contributed by atoms with van der Waals surface area (Å²) in [4.78, 5) is 0. The molecule has 4 saturated carbocycles. The maximum atomic E-state index is 9.14. The van der Waals surface area contributed by atoms with Crippen molar-refractivity contribution in [3.63, 3.8) is 0 Å². The molecule has 0 unspecified atom stereocenters. The average Bonchev–Trinajstić information content (AvgIpc) is 2.89. The van der Waals surface area contributed by atoms with Crippen LogP contribution in [0.2, 0.25) is 0 Å². The first kappa shape index (κ1) is 16.7. The fourth-order valence-electron chi connectivity index (χ4n) is 7.19. The first-order valence-corrected chi connectivity index (χ1v) is 11.1. The van der Waals surface area contributed by atoms with Crippen molar-refractivity contribution in [2.24, 2.45) is 17.8 Å². The predicted molar refractivity (Wildman–Crippen MR) is 110 cm³/mol. The van der Waals surface area contributed by atoms with E-state index in [0.717, 1.165) is 36.4 Å². The van der Waals surface area contributed by atoms with Crippen molar-refractivity contribution in [2.75, 3.05) is 11.9 Å². The minimum absolute atomic E-state index is 0.322. The van der Waals surface area contributed by atoms with E-state index < -0.39 is 0 Å². The van der Waals surface area contributed by atoms with Crippen LogP contribution >= 0.6 is 0 Å². The van der Waals surface area contributed by atoms with Crippen LogP contribution in [0.15, 0.2) is 24.3 Å². The smallest absolute Gasteiger partial charge is 0.133 e. The third kappa shape index (κ3) is 2.45. The highest BCUT2D eigenvalue weighted by molar-refractivity contribution is 5.56. The molecule has 0 radical (unpaired) electrons. The van der Waals surface area contributed by atoms with Gasteiger partial charge in [0, 0.05) is 17.5 Å². The standard InChI is InChI=1S/C24H28N4/c25-15-16-4-6-20(7-5-16)28-23-21(3-1-2-8-26-23)22(27-28)24-12-17-9-18(13-24)11-19(10-17)14-24/h4-7,17-19,26H,1-3,8-14H2. The summed E-state index contributed by atoms with van der Waals surface area (Å²) in [6.45, 7) is 1.02. The number of nitriles is 1. The molecular formula is C24H28N4. The molecule has 0 spiro atoms. The normalized spacial score (nSPS) is 33.0. The van der Waals surface area contributed by atoms with Crippen LogP contribution < -0.4 is 5.32 Å². The minimum Gasteiger partial charge on any atom is -0.370 e. The van der Waals surface area contributed by atoms with Crippen molar-refractivity contribution in [1.82, 2.24) is 9.78 Å². The van der Waals surface area contributed by atoms with Gasteiger partial charge in [0.25, 0.3) is 0 Å². The van der Waals surface area contributed by atoms with E-state index in [1.165, 1.54) is 68.4 Å². The number of rotatable bonds is 2. The predicted octanol–water partition coefficient (Wildman–Crippen LogP) is 4.96. The number of nitrogens with one attached hydrogen (secondary N) is 1. The van der Waals surface area contributed by atoms with Gasteiger partial charge in [-0.1, -0.05) is 0 Å². The summed E-state index contributed by atoms with van der Waals surface area (Å²) in [6.07, 6.45) is 12.1. The minimum atomic E-state index is 0.322. The van der Waals surface area contributed by atoms with Gasteiger partial charge in [0.1, 0.15) is 5.82 Å². The zero-order valence-electron chi connectivity index (χ0n) is 16.5. The SMILES string of the molecule is N#Cc1ccc(-n2nc(C34CC5CC(CC(C5)C3)C4)c3c2NCCCC3)cc1. The van der Waals surface area contributed by atoms with Crippen molar-refractivity contribution < 1.29 is 0 Å². The Kier molecular flexibility index (Phi) is 3.63. The summed E-state index contributed by atoms with van der Waals surface area (Å²) in [5.41, 5.74) is 5.00. The van der Waals surface area contributed by atoms with Crippen LogP contribution in [0.25, 0.3) is 5.69 Å². The van der Waals surface area contributed by atoms with Crippen LogP contribution in [0.5, 0.6) is 0 Å². The first-order valence-electron chi connectivity index (χ1n) is 11.1. The quantitative estimate of drug-likeness (QED) is 0.810. The van der Waals surface area contributed by atoms with Crippen LogP contribution in [0.3, 0.4) is 0 Å². The number of aromatic nitrogens is 2. The number of nitrogens with zero attached hydrogens (tertiary/aromatic N) is 3. The van der Waals surface area contributed by atoms with Gasteiger partial charge in [-0.05, 0) is 99.8 Å². The second kappa shape index (κ2) is 6.11. The summed E-state index contributed by atoms with van der Waals surface area (Å²) in [5.74, 6) is 4.01. The Bertz CT molecular complexity index is 911. The van der Waals surface area contributed by atoms with Gasteiger partial charge in [-0.15, -0.1) is 0 Å². The van der Waals surface area contributed by atoms with Crippen LogP contribution in [-0.2, 0) is 11.8 Å². The van der Waals surface area contributed by atoms with Crippen LogP contribution in [0.4, 0.5) is 5.82 Å². The van der Waals surface area contributed by atoms with Crippen molar-refractivity contribution in [2.45, 2.75) is 63.2 Å². The molecule has 0 saturated heterocycles. The van der Waals surface area contributed by atoms with Crippen molar-refractivity contribution in [1.29, 1.82) is 5.26 Å². The Morgan fingerprint density at radius 3 is 2.32 bits per heavy atom. The van der Waals surface area contributed by atoms with E-state index >= 15 is 0 Å². The number of anilines is 1. The van der Waals surface area contributed by atoms with Gasteiger partial charge in [-0.2, -0.15) is 10.4 Å². The highest BCUT2D eigenvalue weighted by Gasteiger charge is 2.53. The summed E-state index contributed by atoms with van der Waals surface area (Å²) in [6, 6.07) is 10.1. The molecule has 4 bridgehead atoms. The van der Waals surface area contributed by atoms with E-state index in [9.17, 15) is 0 Å². The molecule has 4 heteroatoms. The lowest BCUT2D eigenvalue weighted by atomic mass is 9.48. The maximum absolute atomic E-state index is 9.14. The summed E-state index contributed by atoms with van der Waals surface area (Å²) < 4.78 is 2.15. The number of fused-ring (bicyclic) bond motifs is 1. The molecule has 4 aliphatic carbocycles. The van der Waals surface area contributed by atoms with E-state index in [0.29, 0.717) is 11.0 Å². The van der Waals surface area contributed by atoms with Crippen LogP contribution in [0, 0.1) is 29.1 Å². The molecule has 4 nitrogen and oxygen atoms in total. The number of hydrogen-bond acceptors (Lipinski definition) is 3. The monoisotopic (exact) mass is 372 g/mol. The fraction of sp³-hybridized carbons (Fsp3) is 0.583. The molecule has 144 valence electrons. The first-order chi connectivity index (χ1) is 13.7. The van der Waals surface area contributed by atoms with E-state index in [2.05, 4.69) is 16.1 Å². The highest BCUT2D eigenvalue weighted by Crippen LogP contribution is 2.61. The lowest BCUT2D eigenvalue weighted by Gasteiger charge is -2.56. The van der Waals surface area contributed by atoms with E-state index in [1.807, 2.05) is 24.3 Å². The second-order valence-corrected chi connectivity index (χ2v) is 9.83. The Balaban J connectivity index is 1.49. The van der Waals surface area contributed by atoms with Crippen LogP contribution in [0.1, 0.15) is 68.2 Å². The van der Waals surface area contributed by atoms with Gasteiger partial charge in [0.2, 0.25) is 0 Å². The van der Waals surface area contributed by atoms with Crippen molar-refractivity contribution in [3.8, 4) is 11.8 Å². The Labute approximate surface area is 166 Å². The molecule has 7 rings (SSSR count). The lowest BCUT2D eigenvalue weighted by molar-refractivity contribution is -0.00773. The highest BCUT2D eigenvalue weighted by atomic mass is 15.3. The summed E-state index contributed by atoms with van der Waals surface area (Å²) in [7, 11) is 0. The maximum Gasteiger partial charge on any atom is 0.133 e. The number of hydrogen-bond donors (Lipinski definition) is 1. The van der Waals surface area contributed by atoms with Crippen LogP contribution in [-0.4, -0.2) is 16.3 Å². The van der Waals surface area contributed by atoms with Crippen molar-refractivity contribution in [3.05, 3.63) is 41.1 Å². The molecule has 1 aliphatic heterocycles. The van der Waals surface area contributed by atoms with Gasteiger partial charge in [-0.3, -0.25) is 0 Å². The molecule has 0 amide bonds. The van der Waals surface area contributed by atoms with Gasteiger partial charge in [0.15, 0.2) is 0 Å². The van der Waals surface area contributed by atoms with Gasteiger partial charge in [-0.25, -0.2) is 4.68 Å². The third-order valence-electron chi connectivity index (χ3n) is 7.91. The molecule has 5 aliphatic rings. The molecule has 0 atom stereocenters. The lowest BCUT2D eigenvalue weighted by Crippen LogP contribution is -2.49. The van der Waals surface area contributed by atoms with E-state index in [1.54, 1.807) is 0 Å². The average molecular weight is 373 g/mol. The second-order valence-electron chi connectivity index (χ2n) is 9.83. The zero-order chi connectivity index (χ0) is 18.7. The third-order valence-corrected chi connectivity index (χ3v) is 7.91. The Hall–Kier alpha value is -2.28. The van der Waals surface area contributed by atoms with Gasteiger partial charge < -0.3 is 5.32 Å². The van der Waals surface area contributed by atoms with Gasteiger partial charge >= 0.3 is 0 Å². The topological polar surface area (TPSA) is 53.6 Å². The molecular weight excluding hydrogens is 344 g/mol. The summed E-state index contributed by atoms with van der Waals surface area (Å²) in [5, 5.41) is 18.2. The Morgan fingerprint density at radius 1 is 1.00 bits per heavy atom. The molecule has 2 heterocycles. The van der Waals surface area contributed by atoms with Gasteiger partial charge in [0.05, 0.1) is 23.0 Å². The molecule has 2 aromatic rings. The number of benzene rings is 1. The van der Waals surface area contributed by atoms with E-state index in [4.69, 9.17) is 10.4 Å². The Morgan fingerprint density at radius 2 is 1.68 bits per heavy atom. The largest absolute Gasteiger partial charge is 0.370 e. The molecule has 1 aromatic carbocycles. The van der Waals surface area contributed by atoms with Crippen molar-refractivity contribution >= 4 is 5.82 Å². The molecule has 4 fully saturated rings.